The Kier molecular flexibility index (Phi) is 6.35. The number of anilines is 1. The molecule has 0 heterocycles. The molecule has 0 bridgehead atoms. The molecule has 0 fully saturated rings. The van der Waals surface area contributed by atoms with Gasteiger partial charge in [0.1, 0.15) is 6.23 Å². The third kappa shape index (κ3) is 5.18. The first-order valence-electron chi connectivity index (χ1n) is 6.37. The maximum absolute atomic E-state index is 5.91. The Labute approximate surface area is 111 Å². The van der Waals surface area contributed by atoms with E-state index in [-0.39, 0.29) is 6.23 Å². The summed E-state index contributed by atoms with van der Waals surface area (Å²) in [6.07, 6.45) is -0.151. The van der Waals surface area contributed by atoms with Crippen molar-refractivity contribution in [3.63, 3.8) is 0 Å². The molecule has 0 aliphatic rings. The third-order valence-electron chi connectivity index (χ3n) is 2.35. The minimum Gasteiger partial charge on any atom is -0.374 e. The highest BCUT2D eigenvalue weighted by atomic mass is 28.4. The highest BCUT2D eigenvalue weighted by molar-refractivity contribution is 6.59. The molecule has 1 rings (SSSR count). The van der Waals surface area contributed by atoms with Crippen molar-refractivity contribution in [1.82, 2.24) is 0 Å². The number of nitrogens with one attached hydrogen (secondary N) is 1. The van der Waals surface area contributed by atoms with Crippen LogP contribution in [0.3, 0.4) is 0 Å². The van der Waals surface area contributed by atoms with Crippen molar-refractivity contribution in [3.8, 4) is 0 Å². The van der Waals surface area contributed by atoms with Crippen LogP contribution in [0.25, 0.3) is 0 Å². The Balaban J connectivity index is 2.53. The average molecular weight is 269 g/mol. The van der Waals surface area contributed by atoms with Gasteiger partial charge in [-0.2, -0.15) is 0 Å². The van der Waals surface area contributed by atoms with Gasteiger partial charge in [0.2, 0.25) is 0 Å². The molecular weight excluding hydrogens is 246 g/mol. The molecule has 18 heavy (non-hydrogen) atoms. The highest BCUT2D eigenvalue weighted by Crippen LogP contribution is 2.14. The van der Waals surface area contributed by atoms with Gasteiger partial charge in [0.15, 0.2) is 0 Å². The summed E-state index contributed by atoms with van der Waals surface area (Å²) in [6.45, 7) is 8.97. The number of hydrogen-bond acceptors (Lipinski definition) is 4. The smallest absolute Gasteiger partial charge is 0.374 e. The lowest BCUT2D eigenvalue weighted by atomic mass is 10.3. The largest absolute Gasteiger partial charge is 0.499 e. The van der Waals surface area contributed by atoms with Gasteiger partial charge in [0, 0.05) is 25.4 Å². The minimum absolute atomic E-state index is 0.151. The van der Waals surface area contributed by atoms with Crippen LogP contribution in [0, 0.1) is 0 Å². The van der Waals surface area contributed by atoms with Gasteiger partial charge in [0.05, 0.1) is 0 Å². The summed E-state index contributed by atoms with van der Waals surface area (Å²) < 4.78 is 17.2. The number of rotatable bonds is 8. The maximum Gasteiger partial charge on any atom is 0.499 e. The second kappa shape index (κ2) is 7.53. The highest BCUT2D eigenvalue weighted by Gasteiger charge is 2.35. The van der Waals surface area contributed by atoms with E-state index >= 15 is 0 Å². The quantitative estimate of drug-likeness (QED) is 0.581. The van der Waals surface area contributed by atoms with E-state index in [1.165, 1.54) is 0 Å². The topological polar surface area (TPSA) is 39.7 Å². The molecule has 1 atom stereocenters. The molecule has 0 aliphatic carbocycles. The number of benzene rings is 1. The predicted octanol–water partition coefficient (Wildman–Crippen LogP) is 3.10. The van der Waals surface area contributed by atoms with E-state index in [4.69, 9.17) is 13.3 Å². The first-order chi connectivity index (χ1) is 8.59. The molecule has 0 spiro atoms. The van der Waals surface area contributed by atoms with Gasteiger partial charge in [-0.15, -0.1) is 0 Å². The molecule has 102 valence electrons. The van der Waals surface area contributed by atoms with E-state index in [9.17, 15) is 0 Å². The summed E-state index contributed by atoms with van der Waals surface area (Å²) >= 11 is 0. The minimum atomic E-state index is -2.53. The second-order valence-electron chi connectivity index (χ2n) is 4.00. The Hall–Kier alpha value is -0.883. The van der Waals surface area contributed by atoms with Crippen LogP contribution in [-0.2, 0) is 13.3 Å². The standard InChI is InChI=1S/C13H23NO3Si/c1-5-15-18(4,16-6-2)17-12(3)14-13-10-8-7-9-11-13/h7-12,14H,5-6H2,1-4H3/t12-/m0/s1. The van der Waals surface area contributed by atoms with Crippen molar-refractivity contribution >= 4 is 14.5 Å². The number of para-hydroxylation sites is 1. The van der Waals surface area contributed by atoms with E-state index in [1.54, 1.807) is 0 Å². The first-order valence-corrected chi connectivity index (χ1v) is 8.59. The van der Waals surface area contributed by atoms with Crippen LogP contribution in [0.4, 0.5) is 5.69 Å². The summed E-state index contributed by atoms with van der Waals surface area (Å²) in [6, 6.07) is 9.95. The molecule has 0 saturated carbocycles. The van der Waals surface area contributed by atoms with Crippen molar-refractivity contribution in [2.75, 3.05) is 18.5 Å². The SMILES string of the molecule is CCO[Si](C)(OCC)O[C@@H](C)Nc1ccccc1. The molecule has 0 aliphatic heterocycles. The summed E-state index contributed by atoms with van der Waals surface area (Å²) in [5.41, 5.74) is 1.02. The lowest BCUT2D eigenvalue weighted by molar-refractivity contribution is 0.0533. The summed E-state index contributed by atoms with van der Waals surface area (Å²) in [4.78, 5) is 0. The van der Waals surface area contributed by atoms with Gasteiger partial charge >= 0.3 is 8.80 Å². The van der Waals surface area contributed by atoms with Gasteiger partial charge in [-0.25, -0.2) is 0 Å². The second-order valence-corrected chi connectivity index (χ2v) is 6.54. The summed E-state index contributed by atoms with van der Waals surface area (Å²) in [5.74, 6) is 0. The molecule has 0 aromatic heterocycles. The van der Waals surface area contributed by atoms with Crippen molar-refractivity contribution in [1.29, 1.82) is 0 Å². The first kappa shape index (κ1) is 15.2. The fourth-order valence-corrected chi connectivity index (χ4v) is 3.72. The molecule has 1 aromatic carbocycles. The van der Waals surface area contributed by atoms with Gasteiger partial charge < -0.3 is 18.6 Å². The molecular formula is C13H23NO3Si. The zero-order chi connectivity index (χ0) is 13.4. The van der Waals surface area contributed by atoms with E-state index < -0.39 is 8.80 Å². The number of hydrogen-bond donors (Lipinski definition) is 1. The van der Waals surface area contributed by atoms with Crippen LogP contribution in [-0.4, -0.2) is 28.2 Å². The van der Waals surface area contributed by atoms with Gasteiger partial charge in [-0.1, -0.05) is 18.2 Å². The molecule has 5 heteroatoms. The van der Waals surface area contributed by atoms with Crippen LogP contribution in [0.5, 0.6) is 0 Å². The zero-order valence-corrected chi connectivity index (χ0v) is 12.6. The van der Waals surface area contributed by atoms with Crippen LogP contribution in [0.15, 0.2) is 30.3 Å². The monoisotopic (exact) mass is 269 g/mol. The van der Waals surface area contributed by atoms with Crippen LogP contribution in [0.2, 0.25) is 6.55 Å². The van der Waals surface area contributed by atoms with Crippen molar-refractivity contribution < 1.29 is 13.3 Å². The summed E-state index contributed by atoms with van der Waals surface area (Å²) in [7, 11) is -2.53. The average Bonchev–Trinajstić information content (AvgIpc) is 2.30. The Morgan fingerprint density at radius 1 is 1.11 bits per heavy atom. The van der Waals surface area contributed by atoms with Crippen molar-refractivity contribution in [2.24, 2.45) is 0 Å². The lowest BCUT2D eigenvalue weighted by Crippen LogP contribution is -2.46. The maximum atomic E-state index is 5.91. The van der Waals surface area contributed by atoms with Gasteiger partial charge in [-0.3, -0.25) is 0 Å². The van der Waals surface area contributed by atoms with E-state index in [1.807, 2.05) is 57.7 Å². The molecule has 0 unspecified atom stereocenters. The van der Waals surface area contributed by atoms with Crippen LogP contribution < -0.4 is 5.32 Å². The van der Waals surface area contributed by atoms with Gasteiger partial charge in [-0.05, 0) is 32.9 Å². The Morgan fingerprint density at radius 2 is 1.67 bits per heavy atom. The molecule has 0 radical (unpaired) electrons. The molecule has 0 amide bonds. The fraction of sp³-hybridized carbons (Fsp3) is 0.538. The molecule has 0 saturated heterocycles. The van der Waals surface area contributed by atoms with E-state index in [0.717, 1.165) is 5.69 Å². The molecule has 1 N–H and O–H groups in total. The van der Waals surface area contributed by atoms with E-state index in [0.29, 0.717) is 13.2 Å². The molecule has 1 aromatic rings. The van der Waals surface area contributed by atoms with Crippen LogP contribution >= 0.6 is 0 Å². The van der Waals surface area contributed by atoms with Crippen molar-refractivity contribution in [2.45, 2.75) is 33.5 Å². The Morgan fingerprint density at radius 3 is 2.17 bits per heavy atom. The zero-order valence-electron chi connectivity index (χ0n) is 11.6. The lowest BCUT2D eigenvalue weighted by Gasteiger charge is -2.29. The normalized spacial score (nSPS) is 13.3. The fourth-order valence-electron chi connectivity index (χ4n) is 1.75. The third-order valence-corrected chi connectivity index (χ3v) is 4.76. The molecule has 4 nitrogen and oxygen atoms in total. The van der Waals surface area contributed by atoms with Crippen LogP contribution in [0.1, 0.15) is 20.8 Å². The summed E-state index contributed by atoms with van der Waals surface area (Å²) in [5, 5.41) is 3.27. The van der Waals surface area contributed by atoms with E-state index in [2.05, 4.69) is 5.32 Å². The Bertz CT molecular complexity index is 328. The van der Waals surface area contributed by atoms with Gasteiger partial charge in [0.25, 0.3) is 0 Å². The predicted molar refractivity (Wildman–Crippen MR) is 75.5 cm³/mol. The van der Waals surface area contributed by atoms with Crippen molar-refractivity contribution in [3.05, 3.63) is 30.3 Å².